The fourth-order valence-electron chi connectivity index (χ4n) is 1.34. The molecule has 1 fully saturated rings. The van der Waals surface area contributed by atoms with Crippen LogP contribution in [0.5, 0.6) is 0 Å². The molecule has 0 spiro atoms. The Bertz CT molecular complexity index is 81.6. The van der Waals surface area contributed by atoms with Gasteiger partial charge in [-0.2, -0.15) is 0 Å². The number of aliphatic hydroxyl groups is 1. The van der Waals surface area contributed by atoms with Crippen LogP contribution in [-0.2, 0) is 4.74 Å². The summed E-state index contributed by atoms with van der Waals surface area (Å²) in [7, 11) is 1.73. The van der Waals surface area contributed by atoms with E-state index in [1.807, 2.05) is 0 Å². The number of β-amino-alcohol motifs (C(OH)–C–C–N with tert-alkyl or cyclic N) is 1. The summed E-state index contributed by atoms with van der Waals surface area (Å²) in [6.45, 7) is 4.14. The topological polar surface area (TPSA) is 32.7 Å². The molecule has 0 saturated carbocycles. The number of aliphatic hydroxyl groups excluding tert-OH is 1. The Morgan fingerprint density at radius 1 is 1.60 bits per heavy atom. The Labute approximate surface area is 61.6 Å². The van der Waals surface area contributed by atoms with Crippen LogP contribution in [0.2, 0.25) is 0 Å². The van der Waals surface area contributed by atoms with Gasteiger partial charge in [-0.1, -0.05) is 0 Å². The summed E-state index contributed by atoms with van der Waals surface area (Å²) < 4.78 is 4.98. The van der Waals surface area contributed by atoms with Crippen molar-refractivity contribution < 1.29 is 9.84 Å². The number of nitrogens with zero attached hydrogens (tertiary/aromatic N) is 1. The minimum atomic E-state index is 0.277. The third kappa shape index (κ3) is 1.94. The molecule has 0 aliphatic carbocycles. The van der Waals surface area contributed by atoms with Crippen molar-refractivity contribution in [1.29, 1.82) is 0 Å². The van der Waals surface area contributed by atoms with Crippen LogP contribution in [0.25, 0.3) is 0 Å². The van der Waals surface area contributed by atoms with Crippen molar-refractivity contribution in [3.63, 3.8) is 0 Å². The van der Waals surface area contributed by atoms with E-state index in [4.69, 9.17) is 9.84 Å². The van der Waals surface area contributed by atoms with E-state index >= 15 is 0 Å². The quantitative estimate of drug-likeness (QED) is 0.582. The molecule has 1 aliphatic rings. The minimum absolute atomic E-state index is 0.277. The van der Waals surface area contributed by atoms with Crippen LogP contribution in [0.3, 0.4) is 0 Å². The van der Waals surface area contributed by atoms with E-state index < -0.39 is 0 Å². The normalized spacial score (nSPS) is 21.0. The van der Waals surface area contributed by atoms with Crippen molar-refractivity contribution in [3.05, 3.63) is 0 Å². The number of methoxy groups -OCH3 is 1. The van der Waals surface area contributed by atoms with Gasteiger partial charge < -0.3 is 14.7 Å². The molecule has 60 valence electrons. The van der Waals surface area contributed by atoms with Gasteiger partial charge in [0.15, 0.2) is 0 Å². The Kier molecular flexibility index (Phi) is 3.12. The highest BCUT2D eigenvalue weighted by Gasteiger charge is 2.25. The molecule has 1 saturated heterocycles. The van der Waals surface area contributed by atoms with Crippen molar-refractivity contribution in [2.45, 2.75) is 0 Å². The van der Waals surface area contributed by atoms with Crippen LogP contribution in [-0.4, -0.2) is 50.0 Å². The van der Waals surface area contributed by atoms with Gasteiger partial charge in [-0.25, -0.2) is 0 Å². The maximum atomic E-state index is 8.54. The summed E-state index contributed by atoms with van der Waals surface area (Å²) >= 11 is 0. The average Bonchev–Trinajstić information content (AvgIpc) is 1.84. The third-order valence-electron chi connectivity index (χ3n) is 1.85. The number of likely N-dealkylation sites (tertiary alicyclic amines) is 1. The van der Waals surface area contributed by atoms with Crippen molar-refractivity contribution >= 4 is 0 Å². The molecule has 3 nitrogen and oxygen atoms in total. The summed E-state index contributed by atoms with van der Waals surface area (Å²) in [5.74, 6) is 0.705. The van der Waals surface area contributed by atoms with Crippen molar-refractivity contribution in [2.75, 3.05) is 40.0 Å². The van der Waals surface area contributed by atoms with Gasteiger partial charge in [0, 0.05) is 32.7 Å². The van der Waals surface area contributed by atoms with Gasteiger partial charge in [-0.15, -0.1) is 0 Å². The summed E-state index contributed by atoms with van der Waals surface area (Å²) in [4.78, 5) is 2.23. The van der Waals surface area contributed by atoms with Gasteiger partial charge in [0.2, 0.25) is 0 Å². The molecule has 0 atom stereocenters. The first kappa shape index (κ1) is 7.98. The highest BCUT2D eigenvalue weighted by Crippen LogP contribution is 2.13. The molecule has 0 aromatic rings. The molecule has 0 aromatic carbocycles. The summed E-state index contributed by atoms with van der Waals surface area (Å²) in [6, 6.07) is 0. The monoisotopic (exact) mass is 145 g/mol. The Balaban J connectivity index is 1.95. The van der Waals surface area contributed by atoms with Crippen LogP contribution in [0.4, 0.5) is 0 Å². The Morgan fingerprint density at radius 2 is 2.30 bits per heavy atom. The third-order valence-corrected chi connectivity index (χ3v) is 1.85. The predicted octanol–water partition coefficient (Wildman–Crippen LogP) is -0.443. The van der Waals surface area contributed by atoms with E-state index in [9.17, 15) is 0 Å². The zero-order chi connectivity index (χ0) is 7.40. The lowest BCUT2D eigenvalue weighted by Gasteiger charge is -2.38. The second-order valence-electron chi connectivity index (χ2n) is 2.80. The van der Waals surface area contributed by atoms with Crippen LogP contribution in [0.1, 0.15) is 0 Å². The zero-order valence-corrected chi connectivity index (χ0v) is 6.42. The lowest BCUT2D eigenvalue weighted by molar-refractivity contribution is 0.0248. The molecule has 1 N–H and O–H groups in total. The lowest BCUT2D eigenvalue weighted by Crippen LogP contribution is -2.49. The van der Waals surface area contributed by atoms with E-state index in [0.29, 0.717) is 5.92 Å². The highest BCUT2D eigenvalue weighted by atomic mass is 16.5. The van der Waals surface area contributed by atoms with Gasteiger partial charge in [0.25, 0.3) is 0 Å². The van der Waals surface area contributed by atoms with Gasteiger partial charge >= 0.3 is 0 Å². The first-order valence-electron chi connectivity index (χ1n) is 3.69. The van der Waals surface area contributed by atoms with Crippen molar-refractivity contribution in [1.82, 2.24) is 4.90 Å². The molecule has 0 bridgehead atoms. The molecular weight excluding hydrogens is 130 g/mol. The van der Waals surface area contributed by atoms with Gasteiger partial charge in [0.1, 0.15) is 0 Å². The van der Waals surface area contributed by atoms with Gasteiger partial charge in [-0.3, -0.25) is 0 Å². The molecule has 0 unspecified atom stereocenters. The van der Waals surface area contributed by atoms with Crippen LogP contribution >= 0.6 is 0 Å². The maximum Gasteiger partial charge on any atom is 0.0558 e. The second-order valence-corrected chi connectivity index (χ2v) is 2.80. The molecule has 1 aliphatic heterocycles. The number of ether oxygens (including phenoxy) is 1. The molecule has 0 radical (unpaired) electrons. The maximum absolute atomic E-state index is 8.54. The van der Waals surface area contributed by atoms with Crippen LogP contribution in [0.15, 0.2) is 0 Å². The fourth-order valence-corrected chi connectivity index (χ4v) is 1.34. The van der Waals surface area contributed by atoms with E-state index in [1.165, 1.54) is 0 Å². The second kappa shape index (κ2) is 3.91. The predicted molar refractivity (Wildman–Crippen MR) is 38.9 cm³/mol. The largest absolute Gasteiger partial charge is 0.395 e. The lowest BCUT2D eigenvalue weighted by atomic mass is 10.0. The molecule has 10 heavy (non-hydrogen) atoms. The first-order valence-corrected chi connectivity index (χ1v) is 3.69. The molecule has 1 rings (SSSR count). The standard InChI is InChI=1S/C7H15NO2/c1-10-6-7-4-8(5-7)2-3-9/h7,9H,2-6H2,1H3. The number of hydrogen-bond acceptors (Lipinski definition) is 3. The summed E-state index contributed by atoms with van der Waals surface area (Å²) in [5, 5.41) is 8.54. The molecule has 1 heterocycles. The average molecular weight is 145 g/mol. The highest BCUT2D eigenvalue weighted by molar-refractivity contribution is 4.78. The fraction of sp³-hybridized carbons (Fsp3) is 1.00. The number of hydrogen-bond donors (Lipinski definition) is 1. The molecule has 3 heteroatoms. The SMILES string of the molecule is COCC1CN(CCO)C1. The van der Waals surface area contributed by atoms with E-state index in [-0.39, 0.29) is 6.61 Å². The summed E-state index contributed by atoms with van der Waals surface area (Å²) in [5.41, 5.74) is 0. The Hall–Kier alpha value is -0.120. The molecule has 0 amide bonds. The molecule has 0 aromatic heterocycles. The minimum Gasteiger partial charge on any atom is -0.395 e. The van der Waals surface area contributed by atoms with E-state index in [0.717, 1.165) is 26.2 Å². The molecular formula is C7H15NO2. The van der Waals surface area contributed by atoms with Crippen LogP contribution < -0.4 is 0 Å². The van der Waals surface area contributed by atoms with Gasteiger partial charge in [-0.05, 0) is 0 Å². The first-order chi connectivity index (χ1) is 4.86. The van der Waals surface area contributed by atoms with E-state index in [2.05, 4.69) is 4.90 Å². The zero-order valence-electron chi connectivity index (χ0n) is 6.42. The van der Waals surface area contributed by atoms with Crippen molar-refractivity contribution in [2.24, 2.45) is 5.92 Å². The summed E-state index contributed by atoms with van der Waals surface area (Å²) in [6.07, 6.45) is 0. The van der Waals surface area contributed by atoms with E-state index in [1.54, 1.807) is 7.11 Å². The number of rotatable bonds is 4. The van der Waals surface area contributed by atoms with Crippen LogP contribution in [0, 0.1) is 5.92 Å². The van der Waals surface area contributed by atoms with Crippen molar-refractivity contribution in [3.8, 4) is 0 Å². The smallest absolute Gasteiger partial charge is 0.0558 e. The Morgan fingerprint density at radius 3 is 2.80 bits per heavy atom. The van der Waals surface area contributed by atoms with Gasteiger partial charge in [0.05, 0.1) is 13.2 Å².